The monoisotopic (exact) mass is 456 g/mol. The Bertz CT molecular complexity index is 1350. The number of sulfonamides is 1. The molecule has 0 aliphatic heterocycles. The van der Waals surface area contributed by atoms with Crippen LogP contribution in [0.2, 0.25) is 0 Å². The molecule has 0 atom stereocenters. The molecular weight excluding hydrogens is 439 g/mol. The number of nitrogens with one attached hydrogen (secondary N) is 3. The van der Waals surface area contributed by atoms with E-state index in [9.17, 15) is 17.6 Å². The van der Waals surface area contributed by atoms with Gasteiger partial charge in [0, 0.05) is 11.4 Å². The summed E-state index contributed by atoms with van der Waals surface area (Å²) in [7, 11) is -3.75. The number of hydrogen-bond donors (Lipinski definition) is 3. The molecule has 3 N–H and O–H groups in total. The summed E-state index contributed by atoms with van der Waals surface area (Å²) in [6.07, 6.45) is 0. The summed E-state index contributed by atoms with van der Waals surface area (Å²) in [5.74, 6) is -0.393. The molecule has 0 fully saturated rings. The predicted octanol–water partition coefficient (Wildman–Crippen LogP) is 5.19. The fourth-order valence-electron chi connectivity index (χ4n) is 2.91. The Labute approximate surface area is 182 Å². The van der Waals surface area contributed by atoms with Crippen LogP contribution in [0.3, 0.4) is 0 Å². The number of rotatable bonds is 5. The van der Waals surface area contributed by atoms with Crippen molar-refractivity contribution in [2.75, 3.05) is 15.4 Å². The van der Waals surface area contributed by atoms with E-state index in [2.05, 4.69) is 20.3 Å². The zero-order chi connectivity index (χ0) is 22.0. The molecule has 0 aliphatic carbocycles. The first-order valence-corrected chi connectivity index (χ1v) is 11.4. The van der Waals surface area contributed by atoms with Crippen LogP contribution in [0.1, 0.15) is 5.56 Å². The minimum atomic E-state index is -3.75. The topological polar surface area (TPSA) is 100 Å². The van der Waals surface area contributed by atoms with Crippen molar-refractivity contribution in [1.29, 1.82) is 0 Å². The van der Waals surface area contributed by atoms with Gasteiger partial charge in [-0.3, -0.25) is 4.72 Å². The number of halogens is 1. The molecule has 0 unspecified atom stereocenters. The van der Waals surface area contributed by atoms with Gasteiger partial charge in [0.15, 0.2) is 5.13 Å². The Morgan fingerprint density at radius 3 is 2.35 bits per heavy atom. The van der Waals surface area contributed by atoms with Crippen LogP contribution in [0.15, 0.2) is 71.6 Å². The lowest BCUT2D eigenvalue weighted by Crippen LogP contribution is -2.19. The fourth-order valence-corrected chi connectivity index (χ4v) is 5.15. The molecule has 158 valence electrons. The molecule has 31 heavy (non-hydrogen) atoms. The number of fused-ring (bicyclic) bond motifs is 1. The lowest BCUT2D eigenvalue weighted by molar-refractivity contribution is 0.262. The first-order chi connectivity index (χ1) is 14.8. The van der Waals surface area contributed by atoms with E-state index < -0.39 is 21.9 Å². The summed E-state index contributed by atoms with van der Waals surface area (Å²) in [5.41, 5.74) is 2.38. The molecule has 0 saturated heterocycles. The van der Waals surface area contributed by atoms with Gasteiger partial charge in [-0.15, -0.1) is 0 Å². The van der Waals surface area contributed by atoms with E-state index in [1.807, 2.05) is 6.92 Å². The SMILES string of the molecule is Cc1cc(NC(=O)Nc2ccc(F)cc2)cc2sc(NS(=O)(=O)c3ccccc3)nc12. The van der Waals surface area contributed by atoms with Crippen LogP contribution in [0.5, 0.6) is 0 Å². The van der Waals surface area contributed by atoms with Gasteiger partial charge >= 0.3 is 6.03 Å². The predicted molar refractivity (Wildman–Crippen MR) is 121 cm³/mol. The number of benzene rings is 3. The summed E-state index contributed by atoms with van der Waals surface area (Å²) in [4.78, 5) is 16.8. The summed E-state index contributed by atoms with van der Waals surface area (Å²) >= 11 is 1.17. The molecule has 0 radical (unpaired) electrons. The van der Waals surface area contributed by atoms with Crippen LogP contribution >= 0.6 is 11.3 Å². The normalized spacial score (nSPS) is 11.3. The zero-order valence-electron chi connectivity index (χ0n) is 16.2. The van der Waals surface area contributed by atoms with E-state index in [-0.39, 0.29) is 10.0 Å². The van der Waals surface area contributed by atoms with Gasteiger partial charge in [0.1, 0.15) is 5.82 Å². The van der Waals surface area contributed by atoms with Crippen LogP contribution in [0.25, 0.3) is 10.2 Å². The Morgan fingerprint density at radius 2 is 1.65 bits per heavy atom. The van der Waals surface area contributed by atoms with Gasteiger partial charge in [0.05, 0.1) is 15.1 Å². The molecule has 0 saturated carbocycles. The van der Waals surface area contributed by atoms with E-state index in [4.69, 9.17) is 0 Å². The highest BCUT2D eigenvalue weighted by Gasteiger charge is 2.17. The average Bonchev–Trinajstić information content (AvgIpc) is 3.12. The van der Waals surface area contributed by atoms with Gasteiger partial charge in [-0.25, -0.2) is 22.6 Å². The summed E-state index contributed by atoms with van der Waals surface area (Å²) in [6, 6.07) is 16.4. The number of carbonyl (C=O) groups excluding carboxylic acids is 1. The van der Waals surface area contributed by atoms with Gasteiger partial charge in [0.2, 0.25) is 0 Å². The van der Waals surface area contributed by atoms with Gasteiger partial charge in [-0.2, -0.15) is 0 Å². The Kier molecular flexibility index (Phi) is 5.57. The van der Waals surface area contributed by atoms with Crippen molar-refractivity contribution in [3.8, 4) is 0 Å². The molecule has 4 aromatic rings. The first kappa shape index (κ1) is 20.8. The molecule has 4 rings (SSSR count). The van der Waals surface area contributed by atoms with Crippen molar-refractivity contribution in [3.05, 3.63) is 78.1 Å². The van der Waals surface area contributed by atoms with Crippen molar-refractivity contribution >= 4 is 54.1 Å². The van der Waals surface area contributed by atoms with Crippen LogP contribution in [-0.4, -0.2) is 19.4 Å². The molecular formula is C21H17FN4O3S2. The number of aromatic nitrogens is 1. The fraction of sp³-hybridized carbons (Fsp3) is 0.0476. The third-order valence-electron chi connectivity index (χ3n) is 4.32. The average molecular weight is 457 g/mol. The van der Waals surface area contributed by atoms with Gasteiger partial charge in [0.25, 0.3) is 10.0 Å². The number of thiazole rings is 1. The van der Waals surface area contributed by atoms with Gasteiger partial charge in [-0.1, -0.05) is 29.5 Å². The van der Waals surface area contributed by atoms with E-state index in [1.54, 1.807) is 30.3 Å². The van der Waals surface area contributed by atoms with Crippen LogP contribution in [0, 0.1) is 12.7 Å². The van der Waals surface area contributed by atoms with Crippen molar-refractivity contribution in [2.45, 2.75) is 11.8 Å². The molecule has 10 heteroatoms. The van der Waals surface area contributed by atoms with Crippen molar-refractivity contribution in [3.63, 3.8) is 0 Å². The number of hydrogen-bond acceptors (Lipinski definition) is 5. The molecule has 1 heterocycles. The second kappa shape index (κ2) is 8.32. The number of aryl methyl sites for hydroxylation is 1. The number of anilines is 3. The Balaban J connectivity index is 1.53. The Hall–Kier alpha value is -3.50. The lowest BCUT2D eigenvalue weighted by atomic mass is 10.2. The van der Waals surface area contributed by atoms with Gasteiger partial charge < -0.3 is 10.6 Å². The maximum atomic E-state index is 13.0. The highest BCUT2D eigenvalue weighted by Crippen LogP contribution is 2.32. The Morgan fingerprint density at radius 1 is 0.968 bits per heavy atom. The van der Waals surface area contributed by atoms with E-state index in [0.29, 0.717) is 21.6 Å². The minimum absolute atomic E-state index is 0.144. The molecule has 0 spiro atoms. The summed E-state index contributed by atoms with van der Waals surface area (Å²) in [5, 5.41) is 5.57. The maximum Gasteiger partial charge on any atom is 0.323 e. The smallest absolute Gasteiger partial charge is 0.308 e. The van der Waals surface area contributed by atoms with Gasteiger partial charge in [-0.05, 0) is 61.0 Å². The lowest BCUT2D eigenvalue weighted by Gasteiger charge is -2.08. The van der Waals surface area contributed by atoms with E-state index in [1.165, 1.54) is 47.7 Å². The van der Waals surface area contributed by atoms with E-state index >= 15 is 0 Å². The maximum absolute atomic E-state index is 13.0. The molecule has 2 amide bonds. The van der Waals surface area contributed by atoms with E-state index in [0.717, 1.165) is 5.56 Å². The highest BCUT2D eigenvalue weighted by atomic mass is 32.2. The summed E-state index contributed by atoms with van der Waals surface area (Å²) < 4.78 is 41.3. The summed E-state index contributed by atoms with van der Waals surface area (Å²) in [6.45, 7) is 1.82. The molecule has 1 aromatic heterocycles. The number of nitrogens with zero attached hydrogens (tertiary/aromatic N) is 1. The first-order valence-electron chi connectivity index (χ1n) is 9.13. The largest absolute Gasteiger partial charge is 0.323 e. The molecule has 7 nitrogen and oxygen atoms in total. The minimum Gasteiger partial charge on any atom is -0.308 e. The van der Waals surface area contributed by atoms with Crippen molar-refractivity contribution < 1.29 is 17.6 Å². The van der Waals surface area contributed by atoms with Crippen molar-refractivity contribution in [1.82, 2.24) is 4.98 Å². The highest BCUT2D eigenvalue weighted by molar-refractivity contribution is 7.93. The third kappa shape index (κ3) is 4.81. The number of carbonyl (C=O) groups is 1. The second-order valence-electron chi connectivity index (χ2n) is 6.66. The van der Waals surface area contributed by atoms with Crippen LogP contribution in [0.4, 0.5) is 25.7 Å². The third-order valence-corrected chi connectivity index (χ3v) is 6.72. The quantitative estimate of drug-likeness (QED) is 0.385. The molecule has 0 aliphatic rings. The number of urea groups is 1. The van der Waals surface area contributed by atoms with Crippen LogP contribution < -0.4 is 15.4 Å². The second-order valence-corrected chi connectivity index (χ2v) is 9.38. The zero-order valence-corrected chi connectivity index (χ0v) is 17.9. The molecule has 0 bridgehead atoms. The standard InChI is InChI=1S/C21H17FN4O3S2/c1-13-11-16(24-20(27)23-15-9-7-14(22)8-10-15)12-18-19(13)25-21(30-18)26-31(28,29)17-5-3-2-4-6-17/h2-12H,1H3,(H,25,26)(H2,23,24,27). The van der Waals surface area contributed by atoms with Crippen LogP contribution in [-0.2, 0) is 10.0 Å². The van der Waals surface area contributed by atoms with Crippen molar-refractivity contribution in [2.24, 2.45) is 0 Å². The number of amides is 2. The molecule has 3 aromatic carbocycles.